The first-order valence-electron chi connectivity index (χ1n) is 4.69. The molecule has 3 nitrogen and oxygen atoms in total. The van der Waals surface area contributed by atoms with Gasteiger partial charge in [-0.3, -0.25) is 4.55 Å². The Hall–Kier alpha value is -1.30. The van der Waals surface area contributed by atoms with Crippen molar-refractivity contribution < 1.29 is 13.2 Å². The van der Waals surface area contributed by atoms with Crippen LogP contribution < -0.4 is 0 Å². The average Bonchev–Trinajstić information content (AvgIpc) is 2.29. The van der Waals surface area contributed by atoms with Gasteiger partial charge in [-0.1, -0.05) is 42.5 Å². The summed E-state index contributed by atoms with van der Waals surface area (Å²) in [5.41, 5.74) is 0.683. The van der Waals surface area contributed by atoms with Crippen LogP contribution >= 0.6 is 0 Å². The molecule has 2 aromatic carbocycles. The zero-order chi connectivity index (χ0) is 11.5. The Morgan fingerprint density at radius 2 is 1.88 bits per heavy atom. The predicted octanol–water partition coefficient (Wildman–Crippen LogP) is 2.66. The van der Waals surface area contributed by atoms with Crippen molar-refractivity contribution in [3.63, 3.8) is 0 Å². The molecule has 2 rings (SSSR count). The highest BCUT2D eigenvalue weighted by molar-refractivity contribution is 7.76. The molecule has 16 heavy (non-hydrogen) atoms. The van der Waals surface area contributed by atoms with Gasteiger partial charge >= 0.3 is 0 Å². The number of halogens is 1. The lowest BCUT2D eigenvalue weighted by atomic mass is 10.1. The molecule has 1 atom stereocenters. The van der Waals surface area contributed by atoms with Crippen LogP contribution in [-0.4, -0.2) is 13.3 Å². The Kier molecular flexibility index (Phi) is 3.28. The summed E-state index contributed by atoms with van der Waals surface area (Å²) in [7, 11) is 0. The molecule has 1 N–H and O–H groups in total. The number of hydrogen-bond acceptors (Lipinski definition) is 1. The second kappa shape index (κ2) is 4.69. The number of fused-ring (bicyclic) bond motifs is 1. The molecule has 0 saturated heterocycles. The third-order valence-corrected chi connectivity index (χ3v) is 2.81. The van der Waals surface area contributed by atoms with Crippen molar-refractivity contribution >= 4 is 22.0 Å². The Morgan fingerprint density at radius 1 is 1.19 bits per heavy atom. The van der Waals surface area contributed by atoms with Gasteiger partial charge in [-0.25, -0.2) is 4.21 Å². The predicted molar refractivity (Wildman–Crippen MR) is 61.4 cm³/mol. The standard InChI is InChI=1S/C11H10FNO2S/c12-13(16(14)15)8-10-6-3-5-9-4-1-2-7-11(9)10/h1-7H,8H2,(H,14,15). The van der Waals surface area contributed by atoms with E-state index in [0.717, 1.165) is 10.8 Å². The van der Waals surface area contributed by atoms with Crippen LogP contribution in [0.1, 0.15) is 5.56 Å². The van der Waals surface area contributed by atoms with Crippen molar-refractivity contribution in [3.8, 4) is 0 Å². The molecule has 2 aromatic rings. The van der Waals surface area contributed by atoms with Gasteiger partial charge in [-0.2, -0.15) is 0 Å². The molecule has 0 aliphatic carbocycles. The highest BCUT2D eigenvalue weighted by atomic mass is 32.2. The lowest BCUT2D eigenvalue weighted by Gasteiger charge is -2.09. The van der Waals surface area contributed by atoms with Gasteiger partial charge in [-0.05, 0) is 20.9 Å². The van der Waals surface area contributed by atoms with E-state index in [1.807, 2.05) is 30.3 Å². The second-order valence-electron chi connectivity index (χ2n) is 3.34. The largest absolute Gasteiger partial charge is 0.292 e. The third-order valence-electron chi connectivity index (χ3n) is 2.34. The van der Waals surface area contributed by atoms with Gasteiger partial charge in [-0.15, -0.1) is 4.48 Å². The number of hydrogen-bond donors (Lipinski definition) is 1. The van der Waals surface area contributed by atoms with E-state index in [-0.39, 0.29) is 11.1 Å². The van der Waals surface area contributed by atoms with Crippen LogP contribution in [0.3, 0.4) is 0 Å². The quantitative estimate of drug-likeness (QED) is 0.660. The topological polar surface area (TPSA) is 40.5 Å². The lowest BCUT2D eigenvalue weighted by molar-refractivity contribution is 0.128. The molecule has 0 aromatic heterocycles. The Morgan fingerprint density at radius 3 is 2.62 bits per heavy atom. The van der Waals surface area contributed by atoms with E-state index in [1.165, 1.54) is 0 Å². The summed E-state index contributed by atoms with van der Waals surface area (Å²) in [6.07, 6.45) is 0. The second-order valence-corrected chi connectivity index (χ2v) is 4.20. The molecule has 0 saturated carbocycles. The Labute approximate surface area is 94.9 Å². The summed E-state index contributed by atoms with van der Waals surface area (Å²) >= 11 is -2.59. The molecule has 0 aliphatic rings. The van der Waals surface area contributed by atoms with Crippen molar-refractivity contribution in [2.24, 2.45) is 0 Å². The maximum absolute atomic E-state index is 13.0. The molecule has 0 amide bonds. The van der Waals surface area contributed by atoms with Crippen molar-refractivity contribution in [2.75, 3.05) is 0 Å². The minimum Gasteiger partial charge on any atom is -0.292 e. The summed E-state index contributed by atoms with van der Waals surface area (Å²) in [5.74, 6) is 0. The first kappa shape index (κ1) is 11.2. The molecule has 0 radical (unpaired) electrons. The monoisotopic (exact) mass is 239 g/mol. The van der Waals surface area contributed by atoms with Crippen LogP contribution in [0.25, 0.3) is 10.8 Å². The minimum absolute atomic E-state index is 0.109. The molecule has 0 spiro atoms. The van der Waals surface area contributed by atoms with Gasteiger partial charge < -0.3 is 0 Å². The van der Waals surface area contributed by atoms with Gasteiger partial charge in [0, 0.05) is 0 Å². The minimum atomic E-state index is -2.59. The van der Waals surface area contributed by atoms with Gasteiger partial charge in [0.05, 0.1) is 6.54 Å². The smallest absolute Gasteiger partial charge is 0.263 e. The lowest BCUT2D eigenvalue weighted by Crippen LogP contribution is -2.15. The van der Waals surface area contributed by atoms with Gasteiger partial charge in [0.2, 0.25) is 0 Å². The fraction of sp³-hybridized carbons (Fsp3) is 0.0909. The van der Waals surface area contributed by atoms with Gasteiger partial charge in [0.25, 0.3) is 11.3 Å². The number of rotatable bonds is 3. The van der Waals surface area contributed by atoms with Crippen molar-refractivity contribution in [2.45, 2.75) is 6.54 Å². The van der Waals surface area contributed by atoms with Gasteiger partial charge in [0.15, 0.2) is 0 Å². The van der Waals surface area contributed by atoms with Crippen LogP contribution in [0.4, 0.5) is 4.48 Å². The molecular formula is C11H10FNO2S. The van der Waals surface area contributed by atoms with Crippen LogP contribution in [0.15, 0.2) is 42.5 Å². The maximum Gasteiger partial charge on any atom is 0.263 e. The summed E-state index contributed by atoms with van der Waals surface area (Å²) in [6, 6.07) is 13.0. The molecule has 0 aliphatic heterocycles. The molecule has 0 heterocycles. The van der Waals surface area contributed by atoms with E-state index in [2.05, 4.69) is 0 Å². The van der Waals surface area contributed by atoms with E-state index in [1.54, 1.807) is 12.1 Å². The van der Waals surface area contributed by atoms with E-state index in [9.17, 15) is 8.69 Å². The first-order chi connectivity index (χ1) is 7.68. The maximum atomic E-state index is 13.0. The zero-order valence-electron chi connectivity index (χ0n) is 8.34. The van der Waals surface area contributed by atoms with Crippen LogP contribution in [0.5, 0.6) is 0 Å². The number of benzene rings is 2. The average molecular weight is 239 g/mol. The van der Waals surface area contributed by atoms with E-state index < -0.39 is 11.3 Å². The summed E-state index contributed by atoms with van der Waals surface area (Å²) < 4.78 is 32.0. The molecule has 84 valence electrons. The molecule has 0 fully saturated rings. The van der Waals surface area contributed by atoms with Crippen molar-refractivity contribution in [3.05, 3.63) is 48.0 Å². The Bertz CT molecular complexity index is 527. The highest BCUT2D eigenvalue weighted by Gasteiger charge is 2.11. The van der Waals surface area contributed by atoms with E-state index >= 15 is 0 Å². The molecular weight excluding hydrogens is 229 g/mol. The normalized spacial score (nSPS) is 13.2. The van der Waals surface area contributed by atoms with Crippen molar-refractivity contribution in [1.82, 2.24) is 4.53 Å². The summed E-state index contributed by atoms with van der Waals surface area (Å²) in [5, 5.41) is 1.87. The summed E-state index contributed by atoms with van der Waals surface area (Å²) in [6.45, 7) is -0.204. The van der Waals surface area contributed by atoms with E-state index in [4.69, 9.17) is 4.55 Å². The fourth-order valence-corrected chi connectivity index (χ4v) is 1.87. The van der Waals surface area contributed by atoms with Crippen molar-refractivity contribution in [1.29, 1.82) is 0 Å². The van der Waals surface area contributed by atoms with E-state index in [0.29, 0.717) is 5.56 Å². The number of nitrogens with zero attached hydrogens (tertiary/aromatic N) is 1. The SMILES string of the molecule is O=S(O)N(F)Cc1cccc2ccccc12. The first-order valence-corrected chi connectivity index (χ1v) is 5.76. The molecule has 0 bridgehead atoms. The fourth-order valence-electron chi connectivity index (χ4n) is 1.62. The van der Waals surface area contributed by atoms with Crippen LogP contribution in [-0.2, 0) is 17.8 Å². The van der Waals surface area contributed by atoms with Gasteiger partial charge in [0.1, 0.15) is 0 Å². The summed E-state index contributed by atoms with van der Waals surface area (Å²) in [4.78, 5) is 0. The highest BCUT2D eigenvalue weighted by Crippen LogP contribution is 2.20. The third kappa shape index (κ3) is 2.27. The molecule has 1 unspecified atom stereocenters. The zero-order valence-corrected chi connectivity index (χ0v) is 9.15. The van der Waals surface area contributed by atoms with Crippen LogP contribution in [0.2, 0.25) is 0 Å². The van der Waals surface area contributed by atoms with Crippen LogP contribution in [0, 0.1) is 0 Å². The Balaban J connectivity index is 2.41. The molecule has 5 heteroatoms.